The first-order valence-corrected chi connectivity index (χ1v) is 6.25. The van der Waals surface area contributed by atoms with Crippen LogP contribution in [0.15, 0.2) is 23.1 Å². The van der Waals surface area contributed by atoms with Crippen molar-refractivity contribution in [2.24, 2.45) is 0 Å². The van der Waals surface area contributed by atoms with Gasteiger partial charge in [0.2, 0.25) is 0 Å². The van der Waals surface area contributed by atoms with Crippen LogP contribution in [0.2, 0.25) is 0 Å². The Hall–Kier alpha value is -0.670. The maximum atomic E-state index is 5.88. The Bertz CT molecular complexity index is 334. The van der Waals surface area contributed by atoms with Gasteiger partial charge < -0.3 is 10.5 Å². The van der Waals surface area contributed by atoms with Crippen LogP contribution in [0.5, 0.6) is 0 Å². The van der Waals surface area contributed by atoms with E-state index < -0.39 is 0 Å². The van der Waals surface area contributed by atoms with Crippen LogP contribution in [-0.4, -0.2) is 18.5 Å². The standard InChI is InChI=1S/C12H17NOS/c1-9-11(13)5-2-6-12(9)15-10-4-3-7-14-8-10/h2,5-6,10H,3-4,7-8,13H2,1H3. The van der Waals surface area contributed by atoms with Crippen molar-refractivity contribution in [2.75, 3.05) is 18.9 Å². The van der Waals surface area contributed by atoms with E-state index in [4.69, 9.17) is 10.5 Å². The number of anilines is 1. The van der Waals surface area contributed by atoms with Crippen LogP contribution >= 0.6 is 11.8 Å². The second-order valence-electron chi connectivity index (χ2n) is 3.93. The molecule has 0 saturated carbocycles. The highest BCUT2D eigenvalue weighted by molar-refractivity contribution is 8.00. The average Bonchev–Trinajstić information content (AvgIpc) is 2.26. The summed E-state index contributed by atoms with van der Waals surface area (Å²) in [5.74, 6) is 0. The van der Waals surface area contributed by atoms with Gasteiger partial charge in [-0.15, -0.1) is 11.8 Å². The lowest BCUT2D eigenvalue weighted by molar-refractivity contribution is 0.101. The summed E-state index contributed by atoms with van der Waals surface area (Å²) in [6, 6.07) is 6.12. The summed E-state index contributed by atoms with van der Waals surface area (Å²) < 4.78 is 5.47. The molecule has 0 amide bonds. The topological polar surface area (TPSA) is 35.2 Å². The molecule has 1 atom stereocenters. The summed E-state index contributed by atoms with van der Waals surface area (Å²) in [4.78, 5) is 1.30. The number of ether oxygens (including phenoxy) is 1. The predicted octanol–water partition coefficient (Wildman–Crippen LogP) is 2.85. The Morgan fingerprint density at radius 1 is 1.47 bits per heavy atom. The van der Waals surface area contributed by atoms with Gasteiger partial charge >= 0.3 is 0 Å². The molecule has 0 bridgehead atoms. The van der Waals surface area contributed by atoms with Gasteiger partial charge in [0.05, 0.1) is 6.61 Å². The van der Waals surface area contributed by atoms with Crippen LogP contribution < -0.4 is 5.73 Å². The zero-order valence-corrected chi connectivity index (χ0v) is 9.85. The molecular weight excluding hydrogens is 206 g/mol. The monoisotopic (exact) mass is 223 g/mol. The fourth-order valence-corrected chi connectivity index (χ4v) is 3.00. The molecule has 15 heavy (non-hydrogen) atoms. The summed E-state index contributed by atoms with van der Waals surface area (Å²) in [5, 5.41) is 0.597. The summed E-state index contributed by atoms with van der Waals surface area (Å²) in [5.41, 5.74) is 7.97. The third kappa shape index (κ3) is 2.67. The first-order chi connectivity index (χ1) is 7.27. The largest absolute Gasteiger partial charge is 0.398 e. The van der Waals surface area contributed by atoms with Crippen molar-refractivity contribution >= 4 is 17.4 Å². The Labute approximate surface area is 95.2 Å². The molecule has 1 fully saturated rings. The molecule has 2 N–H and O–H groups in total. The molecule has 1 unspecified atom stereocenters. The van der Waals surface area contributed by atoms with Crippen molar-refractivity contribution in [3.05, 3.63) is 23.8 Å². The van der Waals surface area contributed by atoms with E-state index in [0.717, 1.165) is 18.9 Å². The molecule has 1 aromatic rings. The van der Waals surface area contributed by atoms with Crippen LogP contribution in [-0.2, 0) is 4.74 Å². The normalized spacial score (nSPS) is 21.5. The van der Waals surface area contributed by atoms with Gasteiger partial charge in [-0.25, -0.2) is 0 Å². The molecular formula is C12H17NOS. The number of rotatable bonds is 2. The summed E-state index contributed by atoms with van der Waals surface area (Å²) in [7, 11) is 0. The highest BCUT2D eigenvalue weighted by Gasteiger charge is 2.16. The fourth-order valence-electron chi connectivity index (χ4n) is 1.74. The minimum absolute atomic E-state index is 0.597. The number of hydrogen-bond acceptors (Lipinski definition) is 3. The van der Waals surface area contributed by atoms with Crippen molar-refractivity contribution in [1.29, 1.82) is 0 Å². The number of nitrogens with two attached hydrogens (primary N) is 1. The molecule has 0 spiro atoms. The van der Waals surface area contributed by atoms with Crippen LogP contribution in [0.3, 0.4) is 0 Å². The van der Waals surface area contributed by atoms with Gasteiger partial charge in [-0.05, 0) is 37.5 Å². The molecule has 2 rings (SSSR count). The first kappa shape index (κ1) is 10.8. The van der Waals surface area contributed by atoms with E-state index in [9.17, 15) is 0 Å². The lowest BCUT2D eigenvalue weighted by Gasteiger charge is -2.22. The molecule has 82 valence electrons. The van der Waals surface area contributed by atoms with E-state index >= 15 is 0 Å². The number of thioether (sulfide) groups is 1. The lowest BCUT2D eigenvalue weighted by atomic mass is 10.2. The van der Waals surface area contributed by atoms with Crippen LogP contribution in [0.4, 0.5) is 5.69 Å². The quantitative estimate of drug-likeness (QED) is 0.783. The van der Waals surface area contributed by atoms with Gasteiger partial charge in [-0.3, -0.25) is 0 Å². The Kier molecular flexibility index (Phi) is 3.54. The van der Waals surface area contributed by atoms with Crippen molar-refractivity contribution in [3.8, 4) is 0 Å². The van der Waals surface area contributed by atoms with Gasteiger partial charge in [0.1, 0.15) is 0 Å². The summed E-state index contributed by atoms with van der Waals surface area (Å²) in [6.07, 6.45) is 2.43. The Morgan fingerprint density at radius 2 is 2.33 bits per heavy atom. The van der Waals surface area contributed by atoms with E-state index in [1.807, 2.05) is 23.9 Å². The Morgan fingerprint density at radius 3 is 3.07 bits per heavy atom. The maximum absolute atomic E-state index is 5.88. The SMILES string of the molecule is Cc1c(N)cccc1SC1CCCOC1. The minimum Gasteiger partial charge on any atom is -0.398 e. The van der Waals surface area contributed by atoms with Crippen LogP contribution in [0.25, 0.3) is 0 Å². The van der Waals surface area contributed by atoms with Crippen LogP contribution in [0.1, 0.15) is 18.4 Å². The second kappa shape index (κ2) is 4.90. The average molecular weight is 223 g/mol. The van der Waals surface area contributed by atoms with Crippen molar-refractivity contribution in [1.82, 2.24) is 0 Å². The van der Waals surface area contributed by atoms with E-state index in [2.05, 4.69) is 13.0 Å². The van der Waals surface area contributed by atoms with Crippen LogP contribution in [0, 0.1) is 6.92 Å². The molecule has 1 heterocycles. The molecule has 1 aliphatic heterocycles. The molecule has 1 aliphatic rings. The number of nitrogen functional groups attached to an aromatic ring is 1. The van der Waals surface area contributed by atoms with E-state index in [1.54, 1.807) is 0 Å². The van der Waals surface area contributed by atoms with Crippen molar-refractivity contribution < 1.29 is 4.74 Å². The molecule has 0 aliphatic carbocycles. The second-order valence-corrected chi connectivity index (χ2v) is 5.27. The Balaban J connectivity index is 2.06. The number of hydrogen-bond donors (Lipinski definition) is 1. The third-order valence-corrected chi connectivity index (χ3v) is 4.14. The minimum atomic E-state index is 0.597. The van der Waals surface area contributed by atoms with Crippen molar-refractivity contribution in [2.45, 2.75) is 29.9 Å². The zero-order valence-electron chi connectivity index (χ0n) is 9.03. The zero-order chi connectivity index (χ0) is 10.7. The molecule has 0 aromatic heterocycles. The molecule has 3 heteroatoms. The predicted molar refractivity (Wildman–Crippen MR) is 65.3 cm³/mol. The first-order valence-electron chi connectivity index (χ1n) is 5.37. The molecule has 0 radical (unpaired) electrons. The van der Waals surface area contributed by atoms with E-state index in [1.165, 1.54) is 23.3 Å². The molecule has 1 aromatic carbocycles. The highest BCUT2D eigenvalue weighted by Crippen LogP contribution is 2.32. The highest BCUT2D eigenvalue weighted by atomic mass is 32.2. The van der Waals surface area contributed by atoms with Gasteiger partial charge in [0, 0.05) is 22.4 Å². The lowest BCUT2D eigenvalue weighted by Crippen LogP contribution is -2.19. The maximum Gasteiger partial charge on any atom is 0.0588 e. The van der Waals surface area contributed by atoms with Gasteiger partial charge in [-0.2, -0.15) is 0 Å². The van der Waals surface area contributed by atoms with E-state index in [-0.39, 0.29) is 0 Å². The van der Waals surface area contributed by atoms with Gasteiger partial charge in [-0.1, -0.05) is 6.07 Å². The van der Waals surface area contributed by atoms with Gasteiger partial charge in [0.25, 0.3) is 0 Å². The van der Waals surface area contributed by atoms with Crippen molar-refractivity contribution in [3.63, 3.8) is 0 Å². The summed E-state index contributed by atoms with van der Waals surface area (Å²) in [6.45, 7) is 3.88. The summed E-state index contributed by atoms with van der Waals surface area (Å²) >= 11 is 1.90. The molecule has 2 nitrogen and oxygen atoms in total. The van der Waals surface area contributed by atoms with E-state index in [0.29, 0.717) is 5.25 Å². The number of benzene rings is 1. The van der Waals surface area contributed by atoms with Gasteiger partial charge in [0.15, 0.2) is 0 Å². The molecule has 1 saturated heterocycles. The smallest absolute Gasteiger partial charge is 0.0588 e. The fraction of sp³-hybridized carbons (Fsp3) is 0.500. The third-order valence-electron chi connectivity index (χ3n) is 2.74.